The van der Waals surface area contributed by atoms with Crippen LogP contribution in [0, 0.1) is 37.5 Å². The molecule has 4 unspecified atom stereocenters. The number of carbonyl (C=O) groups is 2. The average Bonchev–Trinajstić information content (AvgIpc) is 3.83. The number of carbonyl (C=O) groups excluding carboxylic acids is 2. The summed E-state index contributed by atoms with van der Waals surface area (Å²) in [4.78, 5) is 35.1. The number of hydrogen-bond acceptors (Lipinski definition) is 8. The number of hydrogen-bond donors (Lipinski definition) is 0. The third-order valence-electron chi connectivity index (χ3n) is 11.1. The predicted molar refractivity (Wildman–Crippen MR) is 201 cm³/mol. The topological polar surface area (TPSA) is 75.5 Å². The Kier molecular flexibility index (Phi) is 7.54. The van der Waals surface area contributed by atoms with E-state index >= 15 is 0 Å². The second kappa shape index (κ2) is 12.1. The van der Waals surface area contributed by atoms with Crippen molar-refractivity contribution in [3.8, 4) is 10.4 Å². The van der Waals surface area contributed by atoms with Gasteiger partial charge in [-0.15, -0.1) is 11.3 Å². The Morgan fingerprint density at radius 3 is 2.00 bits per heavy atom. The second-order valence-electron chi connectivity index (χ2n) is 14.1. The summed E-state index contributed by atoms with van der Waals surface area (Å²) in [5.41, 5.74) is 8.12. The molecule has 0 spiro atoms. The Labute approximate surface area is 293 Å². The summed E-state index contributed by atoms with van der Waals surface area (Å²) in [6.45, 7) is 4.22. The van der Waals surface area contributed by atoms with Gasteiger partial charge in [0.15, 0.2) is 0 Å². The molecule has 3 aliphatic rings. The lowest BCUT2D eigenvalue weighted by molar-refractivity contribution is -0.135. The van der Waals surface area contributed by atoms with E-state index in [1.54, 1.807) is 11.3 Å². The predicted octanol–water partition coefficient (Wildman–Crippen LogP) is 10.7. The van der Waals surface area contributed by atoms with E-state index in [0.29, 0.717) is 28.8 Å². The largest absolute Gasteiger partial charge is 0.301 e. The Morgan fingerprint density at radius 1 is 0.714 bits per heavy atom. The van der Waals surface area contributed by atoms with Gasteiger partial charge in [0.2, 0.25) is 11.6 Å². The fraction of sp³-hybridized carbons (Fsp3) is 0.293. The number of aryl methyl sites for hydroxylation is 2. The first-order valence-electron chi connectivity index (χ1n) is 17.3. The summed E-state index contributed by atoms with van der Waals surface area (Å²) < 4.78 is 9.51. The highest BCUT2D eigenvalue weighted by Gasteiger charge is 2.52. The first-order chi connectivity index (χ1) is 23.9. The quantitative estimate of drug-likeness (QED) is 0.169. The van der Waals surface area contributed by atoms with E-state index in [0.717, 1.165) is 67.7 Å². The molecule has 3 saturated carbocycles. The minimum Gasteiger partial charge on any atom is -0.301 e. The molecule has 49 heavy (non-hydrogen) atoms. The van der Waals surface area contributed by atoms with Crippen LogP contribution >= 0.6 is 23.1 Å². The SMILES string of the molecule is Cc1ccc(N(c2ccc(C)cc2)c2sc(-c3ccc(N=C4C(=O)C(=O)C5CC6CCCCC6CC45)c4nsnc34)c3ccccc23)cc1. The lowest BCUT2D eigenvalue weighted by atomic mass is 9.64. The smallest absolute Gasteiger partial charge is 0.243 e. The molecular formula is C41H36N4O2S2. The number of ketones is 2. The van der Waals surface area contributed by atoms with Crippen LogP contribution in [-0.2, 0) is 9.59 Å². The van der Waals surface area contributed by atoms with E-state index in [9.17, 15) is 9.59 Å². The third kappa shape index (κ3) is 5.15. The Balaban J connectivity index is 1.16. The summed E-state index contributed by atoms with van der Waals surface area (Å²) in [5, 5.41) is 3.42. The summed E-state index contributed by atoms with van der Waals surface area (Å²) in [5.74, 6) is 0.228. The molecule has 2 heterocycles. The summed E-state index contributed by atoms with van der Waals surface area (Å²) >= 11 is 2.90. The molecule has 9 rings (SSSR count). The molecule has 6 nitrogen and oxygen atoms in total. The molecule has 2 aromatic heterocycles. The molecule has 4 aromatic carbocycles. The maximum atomic E-state index is 13.4. The Hall–Kier alpha value is -4.53. The van der Waals surface area contributed by atoms with Crippen LogP contribution in [0.5, 0.6) is 0 Å². The molecule has 0 radical (unpaired) electrons. The van der Waals surface area contributed by atoms with Crippen molar-refractivity contribution in [2.45, 2.75) is 52.4 Å². The number of benzene rings is 4. The summed E-state index contributed by atoms with van der Waals surface area (Å²) in [7, 11) is 0. The highest BCUT2D eigenvalue weighted by molar-refractivity contribution is 7.21. The van der Waals surface area contributed by atoms with Crippen LogP contribution in [0.3, 0.4) is 0 Å². The van der Waals surface area contributed by atoms with Crippen LogP contribution in [-0.4, -0.2) is 26.0 Å². The number of fused-ring (bicyclic) bond motifs is 4. The molecule has 0 N–H and O–H groups in total. The normalized spacial score (nSPS) is 22.9. The maximum absolute atomic E-state index is 13.4. The average molecular weight is 681 g/mol. The summed E-state index contributed by atoms with van der Waals surface area (Å²) in [6.07, 6.45) is 6.58. The minimum atomic E-state index is -0.393. The van der Waals surface area contributed by atoms with Crippen molar-refractivity contribution >= 4 is 84.2 Å². The fourth-order valence-corrected chi connectivity index (χ4v) is 10.5. The van der Waals surface area contributed by atoms with E-state index in [1.807, 2.05) is 6.07 Å². The zero-order valence-electron chi connectivity index (χ0n) is 27.6. The van der Waals surface area contributed by atoms with Crippen molar-refractivity contribution in [1.82, 2.24) is 8.75 Å². The lowest BCUT2D eigenvalue weighted by Gasteiger charge is -2.40. The van der Waals surface area contributed by atoms with Gasteiger partial charge in [-0.3, -0.25) is 9.59 Å². The van der Waals surface area contributed by atoms with Crippen molar-refractivity contribution in [2.75, 3.05) is 4.90 Å². The molecule has 3 aliphatic carbocycles. The van der Waals surface area contributed by atoms with Gasteiger partial charge in [0.25, 0.3) is 0 Å². The molecule has 244 valence electrons. The molecule has 8 heteroatoms. The van der Waals surface area contributed by atoms with Crippen molar-refractivity contribution in [1.29, 1.82) is 0 Å². The van der Waals surface area contributed by atoms with Gasteiger partial charge in [-0.1, -0.05) is 85.3 Å². The Bertz CT molecular complexity index is 2240. The summed E-state index contributed by atoms with van der Waals surface area (Å²) in [6, 6.07) is 29.9. The maximum Gasteiger partial charge on any atom is 0.243 e. The number of rotatable bonds is 5. The van der Waals surface area contributed by atoms with Crippen molar-refractivity contribution in [3.05, 3.63) is 96.1 Å². The number of anilines is 3. The van der Waals surface area contributed by atoms with Gasteiger partial charge >= 0.3 is 0 Å². The van der Waals surface area contributed by atoms with Crippen molar-refractivity contribution < 1.29 is 9.59 Å². The second-order valence-corrected chi connectivity index (χ2v) is 15.6. The van der Waals surface area contributed by atoms with Gasteiger partial charge < -0.3 is 4.90 Å². The van der Waals surface area contributed by atoms with Crippen LogP contribution in [0.4, 0.5) is 22.1 Å². The van der Waals surface area contributed by atoms with E-state index in [-0.39, 0.29) is 17.6 Å². The van der Waals surface area contributed by atoms with Crippen LogP contribution in [0.25, 0.3) is 32.2 Å². The fourth-order valence-electron chi connectivity index (χ4n) is 8.54. The van der Waals surface area contributed by atoms with Crippen LogP contribution in [0.1, 0.15) is 49.7 Å². The van der Waals surface area contributed by atoms with Crippen molar-refractivity contribution in [3.63, 3.8) is 0 Å². The number of nitrogens with zero attached hydrogens (tertiary/aromatic N) is 4. The van der Waals surface area contributed by atoms with Crippen LogP contribution in [0.2, 0.25) is 0 Å². The van der Waals surface area contributed by atoms with Gasteiger partial charge in [0.05, 0.1) is 23.1 Å². The number of Topliss-reactive ketones (excluding diaryl/α,β-unsaturated/α-hetero) is 2. The number of aliphatic imine (C=N–C) groups is 1. The molecular weight excluding hydrogens is 645 g/mol. The first kappa shape index (κ1) is 30.5. The van der Waals surface area contributed by atoms with Crippen LogP contribution in [0.15, 0.2) is 89.9 Å². The highest BCUT2D eigenvalue weighted by atomic mass is 32.1. The van der Waals surface area contributed by atoms with E-state index < -0.39 is 5.78 Å². The van der Waals surface area contributed by atoms with E-state index in [2.05, 4.69) is 97.6 Å². The van der Waals surface area contributed by atoms with Crippen molar-refractivity contribution in [2.24, 2.45) is 28.7 Å². The molecule has 6 aromatic rings. The zero-order valence-corrected chi connectivity index (χ0v) is 29.2. The minimum absolute atomic E-state index is 0.0843. The van der Waals surface area contributed by atoms with E-state index in [1.165, 1.54) is 36.8 Å². The third-order valence-corrected chi connectivity index (χ3v) is 12.8. The van der Waals surface area contributed by atoms with E-state index in [4.69, 9.17) is 13.7 Å². The van der Waals surface area contributed by atoms with Gasteiger partial charge in [-0.25, -0.2) is 4.99 Å². The molecule has 0 bridgehead atoms. The number of aromatic nitrogens is 2. The van der Waals surface area contributed by atoms with Crippen LogP contribution < -0.4 is 4.90 Å². The molecule has 0 aliphatic heterocycles. The Morgan fingerprint density at radius 2 is 1.33 bits per heavy atom. The van der Waals surface area contributed by atoms with Gasteiger partial charge in [0, 0.05) is 44.4 Å². The highest BCUT2D eigenvalue weighted by Crippen LogP contribution is 2.52. The first-order valence-corrected chi connectivity index (χ1v) is 18.9. The monoisotopic (exact) mass is 680 g/mol. The molecule has 0 amide bonds. The molecule has 3 fully saturated rings. The van der Waals surface area contributed by atoms with Gasteiger partial charge in [-0.2, -0.15) is 8.75 Å². The zero-order chi connectivity index (χ0) is 33.2. The number of thiophene rings is 1. The molecule has 0 saturated heterocycles. The van der Waals surface area contributed by atoms with Gasteiger partial charge in [-0.05, 0) is 74.9 Å². The molecule has 4 atom stereocenters. The lowest BCUT2D eigenvalue weighted by Crippen LogP contribution is -2.35. The standard InChI is InChI=1S/C41H36N4O2S2/c1-23-11-15-27(16-12-23)45(28-17-13-24(2)14-18-28)41-30-10-6-5-9-29(30)40(48-41)31-19-20-34(37-35(31)43-49-44-37)42-36-32-21-25-7-3-4-8-26(25)22-33(32)38(46)39(36)47/h5-6,9-20,25-26,32-33H,3-4,7-8,21-22H2,1-2H3. The van der Waals surface area contributed by atoms with Gasteiger partial charge in [0.1, 0.15) is 16.0 Å².